The van der Waals surface area contributed by atoms with Gasteiger partial charge in [-0.15, -0.1) is 0 Å². The molecule has 1 atom stereocenters. The van der Waals surface area contributed by atoms with Crippen LogP contribution in [-0.4, -0.2) is 35.6 Å². The molecule has 1 heterocycles. The van der Waals surface area contributed by atoms with Crippen LogP contribution in [0.3, 0.4) is 0 Å². The quantitative estimate of drug-likeness (QED) is 0.759. The number of amidine groups is 1. The van der Waals surface area contributed by atoms with Gasteiger partial charge in [-0.25, -0.2) is 4.39 Å². The van der Waals surface area contributed by atoms with E-state index in [1.165, 1.54) is 43.2 Å². The predicted molar refractivity (Wildman–Crippen MR) is 97.0 cm³/mol. The summed E-state index contributed by atoms with van der Waals surface area (Å²) in [6.07, 6.45) is -0.754. The van der Waals surface area contributed by atoms with E-state index in [1.807, 2.05) is 0 Å². The van der Waals surface area contributed by atoms with Crippen molar-refractivity contribution >= 4 is 17.5 Å². The molecular weight excluding hydrogens is 351 g/mol. The number of ketones is 1. The Kier molecular flexibility index (Phi) is 5.21. The number of halogens is 1. The topological polar surface area (TPSA) is 68.2 Å². The summed E-state index contributed by atoms with van der Waals surface area (Å²) in [5.41, 5.74) is 1.71. The molecule has 140 valence electrons. The fourth-order valence-corrected chi connectivity index (χ4v) is 2.80. The van der Waals surface area contributed by atoms with Gasteiger partial charge in [0.25, 0.3) is 5.91 Å². The molecule has 1 aliphatic rings. The average molecular weight is 370 g/mol. The molecule has 0 saturated heterocycles. The Labute approximate surface area is 156 Å². The molecular formula is C20H19FN2O4. The van der Waals surface area contributed by atoms with Gasteiger partial charge in [-0.1, -0.05) is 5.16 Å². The number of Topliss-reactive ketones (excluding diaryl/α,β-unsaturated/α-hetero) is 1. The summed E-state index contributed by atoms with van der Waals surface area (Å²) in [7, 11) is 1.52. The zero-order valence-electron chi connectivity index (χ0n) is 15.2. The highest BCUT2D eigenvalue weighted by molar-refractivity contribution is 6.09. The highest BCUT2D eigenvalue weighted by Gasteiger charge is 2.32. The first-order valence-corrected chi connectivity index (χ1v) is 8.39. The van der Waals surface area contributed by atoms with E-state index >= 15 is 0 Å². The van der Waals surface area contributed by atoms with E-state index < -0.39 is 11.9 Å². The van der Waals surface area contributed by atoms with Crippen molar-refractivity contribution in [2.75, 3.05) is 7.11 Å². The summed E-state index contributed by atoms with van der Waals surface area (Å²) in [6, 6.07) is 10.7. The Morgan fingerprint density at radius 3 is 2.59 bits per heavy atom. The number of ether oxygens (including phenoxy) is 1. The zero-order chi connectivity index (χ0) is 19.6. The van der Waals surface area contributed by atoms with Crippen molar-refractivity contribution in [1.82, 2.24) is 4.90 Å². The van der Waals surface area contributed by atoms with E-state index in [4.69, 9.17) is 9.57 Å². The van der Waals surface area contributed by atoms with E-state index in [1.54, 1.807) is 25.1 Å². The van der Waals surface area contributed by atoms with Gasteiger partial charge in [-0.2, -0.15) is 0 Å². The number of hydrogen-bond acceptors (Lipinski definition) is 5. The number of hydrogen-bond donors (Lipinski definition) is 0. The Morgan fingerprint density at radius 1 is 1.26 bits per heavy atom. The third-order valence-electron chi connectivity index (χ3n) is 4.28. The Hall–Kier alpha value is -3.22. The summed E-state index contributed by atoms with van der Waals surface area (Å²) >= 11 is 0. The van der Waals surface area contributed by atoms with Gasteiger partial charge in [0.2, 0.25) is 6.10 Å². The van der Waals surface area contributed by atoms with Gasteiger partial charge in [0.05, 0.1) is 13.7 Å². The molecule has 0 fully saturated rings. The minimum atomic E-state index is -0.754. The molecule has 1 amide bonds. The number of rotatable bonds is 5. The van der Waals surface area contributed by atoms with Gasteiger partial charge >= 0.3 is 0 Å². The van der Waals surface area contributed by atoms with Gasteiger partial charge in [0.1, 0.15) is 11.6 Å². The lowest BCUT2D eigenvalue weighted by atomic mass is 10.1. The van der Waals surface area contributed by atoms with E-state index in [9.17, 15) is 14.0 Å². The third-order valence-corrected chi connectivity index (χ3v) is 4.28. The van der Waals surface area contributed by atoms with Crippen LogP contribution in [-0.2, 0) is 16.2 Å². The first-order chi connectivity index (χ1) is 12.9. The van der Waals surface area contributed by atoms with Crippen molar-refractivity contribution in [3.63, 3.8) is 0 Å². The molecule has 27 heavy (non-hydrogen) atoms. The monoisotopic (exact) mass is 370 g/mol. The van der Waals surface area contributed by atoms with Gasteiger partial charge in [-0.05, 0) is 56.3 Å². The molecule has 6 nitrogen and oxygen atoms in total. The maximum atomic E-state index is 13.3. The first-order valence-electron chi connectivity index (χ1n) is 8.39. The SMILES string of the molecule is COc1ccc(C(C)=O)cc1CN1C(=O)C(C)ON=C1c1ccc(F)cc1. The van der Waals surface area contributed by atoms with Crippen LogP contribution in [0.5, 0.6) is 5.75 Å². The number of carbonyl (C=O) groups excluding carboxylic acids is 2. The normalized spacial score (nSPS) is 16.6. The van der Waals surface area contributed by atoms with Crippen LogP contribution in [0.4, 0.5) is 4.39 Å². The molecule has 0 saturated carbocycles. The van der Waals surface area contributed by atoms with Gasteiger partial charge in [0.15, 0.2) is 11.6 Å². The molecule has 0 bridgehead atoms. The predicted octanol–water partition coefficient (Wildman–Crippen LogP) is 3.15. The van der Waals surface area contributed by atoms with Gasteiger partial charge in [0, 0.05) is 16.7 Å². The number of carbonyl (C=O) groups is 2. The van der Waals surface area contributed by atoms with Crippen LogP contribution in [0.2, 0.25) is 0 Å². The minimum absolute atomic E-state index is 0.0898. The van der Waals surface area contributed by atoms with Gasteiger partial charge < -0.3 is 9.57 Å². The highest BCUT2D eigenvalue weighted by Crippen LogP contribution is 2.25. The van der Waals surface area contributed by atoms with E-state index in [0.717, 1.165) is 0 Å². The standard InChI is InChI=1S/C20H19FN2O4/c1-12(24)15-6-9-18(26-3)16(10-15)11-23-19(22-27-13(2)20(23)25)14-4-7-17(21)8-5-14/h4-10,13H,11H2,1-3H3. The molecule has 0 N–H and O–H groups in total. The van der Waals surface area contributed by atoms with E-state index in [0.29, 0.717) is 22.4 Å². The van der Waals surface area contributed by atoms with Crippen LogP contribution < -0.4 is 4.74 Å². The summed E-state index contributed by atoms with van der Waals surface area (Å²) in [5, 5.41) is 4.04. The molecule has 0 spiro atoms. The number of oxime groups is 1. The fourth-order valence-electron chi connectivity index (χ4n) is 2.80. The molecule has 3 rings (SSSR count). The van der Waals surface area contributed by atoms with Crippen molar-refractivity contribution in [3.05, 3.63) is 65.0 Å². The molecule has 0 aromatic heterocycles. The summed E-state index contributed by atoms with van der Waals surface area (Å²) in [4.78, 5) is 31.1. The summed E-state index contributed by atoms with van der Waals surface area (Å²) in [5.74, 6) is 0.0459. The largest absolute Gasteiger partial charge is 0.496 e. The summed E-state index contributed by atoms with van der Waals surface area (Å²) in [6.45, 7) is 3.20. The Bertz CT molecular complexity index is 909. The smallest absolute Gasteiger partial charge is 0.272 e. The van der Waals surface area contributed by atoms with Crippen molar-refractivity contribution in [1.29, 1.82) is 0 Å². The number of nitrogens with zero attached hydrogens (tertiary/aromatic N) is 2. The zero-order valence-corrected chi connectivity index (χ0v) is 15.2. The number of methoxy groups -OCH3 is 1. The molecule has 2 aromatic rings. The van der Waals surface area contributed by atoms with Crippen molar-refractivity contribution in [2.45, 2.75) is 26.5 Å². The second kappa shape index (κ2) is 7.57. The van der Waals surface area contributed by atoms with Crippen LogP contribution in [0.15, 0.2) is 47.6 Å². The van der Waals surface area contributed by atoms with E-state index in [2.05, 4.69) is 5.16 Å². The maximum absolute atomic E-state index is 13.3. The summed E-state index contributed by atoms with van der Waals surface area (Å²) < 4.78 is 18.6. The maximum Gasteiger partial charge on any atom is 0.272 e. The second-order valence-corrected chi connectivity index (χ2v) is 6.18. The van der Waals surface area contributed by atoms with Crippen LogP contribution >= 0.6 is 0 Å². The molecule has 7 heteroatoms. The highest BCUT2D eigenvalue weighted by atomic mass is 19.1. The van der Waals surface area contributed by atoms with Crippen LogP contribution in [0, 0.1) is 5.82 Å². The Balaban J connectivity index is 2.01. The average Bonchev–Trinajstić information content (AvgIpc) is 2.66. The number of amides is 1. The number of benzene rings is 2. The molecule has 2 aromatic carbocycles. The Morgan fingerprint density at radius 2 is 1.96 bits per heavy atom. The lowest BCUT2D eigenvalue weighted by molar-refractivity contribution is -0.142. The molecule has 0 aliphatic carbocycles. The van der Waals surface area contributed by atoms with Crippen molar-refractivity contribution < 1.29 is 23.6 Å². The van der Waals surface area contributed by atoms with Crippen molar-refractivity contribution in [2.24, 2.45) is 5.16 Å². The lowest BCUT2D eigenvalue weighted by Gasteiger charge is -2.30. The molecule has 0 radical (unpaired) electrons. The van der Waals surface area contributed by atoms with Gasteiger partial charge in [-0.3, -0.25) is 14.5 Å². The third kappa shape index (κ3) is 3.81. The van der Waals surface area contributed by atoms with E-state index in [-0.39, 0.29) is 24.1 Å². The molecule has 1 unspecified atom stereocenters. The van der Waals surface area contributed by atoms with Crippen LogP contribution in [0.1, 0.15) is 35.3 Å². The second-order valence-electron chi connectivity index (χ2n) is 6.18. The first kappa shape index (κ1) is 18.6. The minimum Gasteiger partial charge on any atom is -0.496 e. The molecule has 1 aliphatic heterocycles. The lowest BCUT2D eigenvalue weighted by Crippen LogP contribution is -2.46. The van der Waals surface area contributed by atoms with Crippen LogP contribution in [0.25, 0.3) is 0 Å². The van der Waals surface area contributed by atoms with Crippen molar-refractivity contribution in [3.8, 4) is 5.75 Å². The fraction of sp³-hybridized carbons (Fsp3) is 0.250.